The quantitative estimate of drug-likeness (QED) is 0.0407. The van der Waals surface area contributed by atoms with Crippen LogP contribution in [0.5, 0.6) is 0 Å². The average Bonchev–Trinajstić information content (AvgIpc) is 3.60. The number of carbonyl (C=O) groups excluding carboxylic acids is 2. The van der Waals surface area contributed by atoms with E-state index in [9.17, 15) is 9.59 Å². The molecule has 1 N–H and O–H groups in total. The zero-order valence-electron chi connectivity index (χ0n) is 31.9. The Morgan fingerprint density at radius 3 is 2.17 bits per heavy atom. The van der Waals surface area contributed by atoms with Gasteiger partial charge in [-0.25, -0.2) is 9.57 Å². The van der Waals surface area contributed by atoms with E-state index in [2.05, 4.69) is 32.6 Å². The van der Waals surface area contributed by atoms with Crippen molar-refractivity contribution in [1.29, 1.82) is 0 Å². The molecule has 1 aliphatic rings. The van der Waals surface area contributed by atoms with Crippen molar-refractivity contribution in [2.24, 2.45) is 0 Å². The van der Waals surface area contributed by atoms with Crippen molar-refractivity contribution in [1.82, 2.24) is 20.3 Å². The molecule has 0 spiro atoms. The smallest absolute Gasteiger partial charge is 0.362 e. The highest BCUT2D eigenvalue weighted by Crippen LogP contribution is 2.41. The molecule has 1 unspecified atom stereocenters. The molecule has 1 aliphatic heterocycles. The van der Waals surface area contributed by atoms with Gasteiger partial charge in [0.15, 0.2) is 0 Å². The first-order chi connectivity index (χ1) is 26.6. The molecule has 2 aromatic carbocycles. The van der Waals surface area contributed by atoms with Crippen LogP contribution in [0, 0.1) is 0 Å². The lowest BCUT2D eigenvalue weighted by molar-refractivity contribution is -0.189. The van der Waals surface area contributed by atoms with Gasteiger partial charge in [0.25, 0.3) is 0 Å². The van der Waals surface area contributed by atoms with Gasteiger partial charge in [-0.2, -0.15) is 4.67 Å². The number of hydrogen-bond donors (Lipinski definition) is 1. The maximum atomic E-state index is 13.2. The van der Waals surface area contributed by atoms with Crippen LogP contribution in [0.3, 0.4) is 0 Å². The third kappa shape index (κ3) is 14.4. The second-order valence-electron chi connectivity index (χ2n) is 12.4. The van der Waals surface area contributed by atoms with Gasteiger partial charge in [0, 0.05) is 37.6 Å². The highest BCUT2D eigenvalue weighted by Gasteiger charge is 2.28. The zero-order chi connectivity index (χ0) is 38.2. The topological polar surface area (TPSA) is 154 Å². The van der Waals surface area contributed by atoms with Gasteiger partial charge < -0.3 is 38.2 Å². The average molecular weight is 774 g/mol. The van der Waals surface area contributed by atoms with Crippen molar-refractivity contribution >= 4 is 26.1 Å². The van der Waals surface area contributed by atoms with Crippen LogP contribution in [0.25, 0.3) is 22.5 Å². The molecule has 1 atom stereocenters. The Bertz CT molecular complexity index is 1530. The summed E-state index contributed by atoms with van der Waals surface area (Å²) in [5.74, 6) is 0.0727. The molecule has 0 saturated carbocycles. The molecule has 298 valence electrons. The van der Waals surface area contributed by atoms with Crippen molar-refractivity contribution in [3.8, 4) is 22.5 Å². The second kappa shape index (κ2) is 25.7. The van der Waals surface area contributed by atoms with Crippen LogP contribution in [-0.4, -0.2) is 107 Å². The summed E-state index contributed by atoms with van der Waals surface area (Å²) in [5.41, 5.74) is 5.45. The number of anilines is 1. The Balaban J connectivity index is 1.03. The van der Waals surface area contributed by atoms with E-state index in [0.717, 1.165) is 65.9 Å². The third-order valence-electron chi connectivity index (χ3n) is 8.46. The first-order valence-electron chi connectivity index (χ1n) is 18.7. The van der Waals surface area contributed by atoms with Crippen molar-refractivity contribution in [3.05, 3.63) is 54.1 Å². The normalized spacial score (nSPS) is 12.8. The van der Waals surface area contributed by atoms with Crippen molar-refractivity contribution in [2.75, 3.05) is 85.1 Å². The Kier molecular flexibility index (Phi) is 20.6. The molecule has 0 bridgehead atoms. The summed E-state index contributed by atoms with van der Waals surface area (Å²) in [7, 11) is 1.47. The lowest BCUT2D eigenvalue weighted by Crippen LogP contribution is -2.31. The number of aromatic nitrogens is 3. The molecule has 4 rings (SSSR count). The molecule has 0 fully saturated rings. The number of fused-ring (bicyclic) bond motifs is 5. The number of carbonyl (C=O) groups is 2. The van der Waals surface area contributed by atoms with E-state index in [-0.39, 0.29) is 11.8 Å². The maximum Gasteiger partial charge on any atom is 0.362 e. The van der Waals surface area contributed by atoms with E-state index >= 15 is 0 Å². The molecule has 0 aliphatic carbocycles. The lowest BCUT2D eigenvalue weighted by atomic mass is 9.95. The SMILES string of the molecule is CCCC(=O)N1Cc2ccccc2-c2c(nnn2CCOCCOCCOCCOCCC(=O)NCCCCCCOP(OC)OOC)-c2ccccc21. The van der Waals surface area contributed by atoms with E-state index < -0.39 is 8.60 Å². The molecule has 0 radical (unpaired) electrons. The van der Waals surface area contributed by atoms with Crippen LogP contribution in [0.15, 0.2) is 48.5 Å². The summed E-state index contributed by atoms with van der Waals surface area (Å²) >= 11 is 0. The molecule has 15 nitrogen and oxygen atoms in total. The Labute approximate surface area is 319 Å². The number of nitrogens with one attached hydrogen (secondary N) is 1. The molecular formula is C38H56N5O10P. The predicted molar refractivity (Wildman–Crippen MR) is 204 cm³/mol. The van der Waals surface area contributed by atoms with E-state index in [1.165, 1.54) is 14.2 Å². The van der Waals surface area contributed by atoms with Crippen LogP contribution in [0.4, 0.5) is 5.69 Å². The molecular weight excluding hydrogens is 717 g/mol. The third-order valence-corrected chi connectivity index (χ3v) is 9.42. The van der Waals surface area contributed by atoms with Crippen LogP contribution < -0.4 is 10.2 Å². The predicted octanol–water partition coefficient (Wildman–Crippen LogP) is 5.86. The van der Waals surface area contributed by atoms with E-state index in [0.29, 0.717) is 91.9 Å². The molecule has 16 heteroatoms. The highest BCUT2D eigenvalue weighted by atomic mass is 31.2. The van der Waals surface area contributed by atoms with Gasteiger partial charge in [-0.1, -0.05) is 67.4 Å². The Morgan fingerprint density at radius 2 is 1.44 bits per heavy atom. The van der Waals surface area contributed by atoms with E-state index in [4.69, 9.17) is 32.7 Å². The molecule has 3 aromatic rings. The first-order valence-corrected chi connectivity index (χ1v) is 19.8. The van der Waals surface area contributed by atoms with E-state index in [1.54, 1.807) is 0 Å². The molecule has 54 heavy (non-hydrogen) atoms. The molecule has 0 saturated heterocycles. The van der Waals surface area contributed by atoms with Crippen LogP contribution in [-0.2, 0) is 60.2 Å². The second-order valence-corrected chi connectivity index (χ2v) is 13.6. The number of unbranched alkanes of at least 4 members (excludes halogenated alkanes) is 3. The number of amides is 2. The number of nitrogens with zero attached hydrogens (tertiary/aromatic N) is 4. The zero-order valence-corrected chi connectivity index (χ0v) is 32.8. The fourth-order valence-corrected chi connectivity index (χ4v) is 6.43. The molecule has 2 amide bonds. The van der Waals surface area contributed by atoms with Gasteiger partial charge in [-0.15, -0.1) is 5.10 Å². The minimum Gasteiger partial charge on any atom is -0.379 e. The Hall–Kier alpha value is -3.37. The molecule has 2 heterocycles. The largest absolute Gasteiger partial charge is 0.379 e. The summed E-state index contributed by atoms with van der Waals surface area (Å²) in [6, 6.07) is 16.0. The van der Waals surface area contributed by atoms with Gasteiger partial charge >= 0.3 is 8.60 Å². The minimum absolute atomic E-state index is 0.0205. The summed E-state index contributed by atoms with van der Waals surface area (Å²) in [4.78, 5) is 31.6. The summed E-state index contributed by atoms with van der Waals surface area (Å²) in [6.07, 6.45) is 5.35. The number of ether oxygens (including phenoxy) is 4. The van der Waals surface area contributed by atoms with Gasteiger partial charge in [-0.05, 0) is 30.9 Å². The van der Waals surface area contributed by atoms with Crippen LogP contribution in [0.1, 0.15) is 57.4 Å². The summed E-state index contributed by atoms with van der Waals surface area (Å²) < 4.78 is 39.8. The van der Waals surface area contributed by atoms with Gasteiger partial charge in [0.05, 0.1) is 91.0 Å². The highest BCUT2D eigenvalue weighted by molar-refractivity contribution is 7.41. The summed E-state index contributed by atoms with van der Waals surface area (Å²) in [6.45, 7) is 7.58. The Morgan fingerprint density at radius 1 is 0.778 bits per heavy atom. The van der Waals surface area contributed by atoms with Crippen LogP contribution in [0.2, 0.25) is 0 Å². The maximum absolute atomic E-state index is 13.2. The summed E-state index contributed by atoms with van der Waals surface area (Å²) in [5, 5.41) is 12.0. The molecule has 1 aromatic heterocycles. The van der Waals surface area contributed by atoms with Crippen molar-refractivity contribution < 1.29 is 47.1 Å². The fraction of sp³-hybridized carbons (Fsp3) is 0.579. The monoisotopic (exact) mass is 773 g/mol. The van der Waals surface area contributed by atoms with Crippen molar-refractivity contribution in [3.63, 3.8) is 0 Å². The minimum atomic E-state index is -1.45. The van der Waals surface area contributed by atoms with Crippen molar-refractivity contribution in [2.45, 2.75) is 65.0 Å². The number of rotatable bonds is 28. The number of benzene rings is 2. The van der Waals surface area contributed by atoms with Crippen LogP contribution >= 0.6 is 8.60 Å². The standard InChI is InChI=1S/C38H56N5O10P/c1-4-13-36(45)42-30-31-14-7-8-15-32(31)38-37(33-16-9-10-17-34(33)42)40-41-43(38)20-23-49-25-27-51-29-28-50-26-24-48-22-18-35(44)39-19-11-5-6-12-21-52-54(47-3)53-46-2/h7-10,14-17H,4-6,11-13,18-30H2,1-3H3,(H,39,44). The van der Waals surface area contributed by atoms with Gasteiger partial charge in [0.1, 0.15) is 5.69 Å². The lowest BCUT2D eigenvalue weighted by Gasteiger charge is -2.28. The first kappa shape index (κ1) is 43.4. The number of hydrogen-bond acceptors (Lipinski definition) is 12. The van der Waals surface area contributed by atoms with Gasteiger partial charge in [0.2, 0.25) is 11.8 Å². The fourth-order valence-electron chi connectivity index (χ4n) is 5.82. The van der Waals surface area contributed by atoms with Gasteiger partial charge in [-0.3, -0.25) is 9.59 Å². The number of para-hydroxylation sites is 1. The van der Waals surface area contributed by atoms with E-state index in [1.807, 2.05) is 52.9 Å².